The van der Waals surface area contributed by atoms with Gasteiger partial charge < -0.3 is 15.7 Å². The second kappa shape index (κ2) is 4.80. The van der Waals surface area contributed by atoms with Crippen LogP contribution in [0.4, 0.5) is 5.95 Å². The molecule has 1 fully saturated rings. The van der Waals surface area contributed by atoms with Gasteiger partial charge in [-0.3, -0.25) is 5.10 Å². The summed E-state index contributed by atoms with van der Waals surface area (Å²) in [6, 6.07) is 0. The number of aromatic amines is 1. The summed E-state index contributed by atoms with van der Waals surface area (Å²) in [4.78, 5) is 6.40. The minimum Gasteiger partial charge on any atom is -0.385 e. The van der Waals surface area contributed by atoms with E-state index in [2.05, 4.69) is 20.1 Å². The molecule has 0 radical (unpaired) electrons. The molecule has 2 rings (SSSR count). The number of piperidine rings is 1. The number of rotatable bonds is 3. The molecule has 1 aromatic heterocycles. The first-order chi connectivity index (χ1) is 7.70. The van der Waals surface area contributed by atoms with Gasteiger partial charge in [0.1, 0.15) is 6.10 Å². The smallest absolute Gasteiger partial charge is 0.244 e. The van der Waals surface area contributed by atoms with Gasteiger partial charge in [-0.15, -0.1) is 5.10 Å². The third kappa shape index (κ3) is 2.33. The second-order valence-electron chi connectivity index (χ2n) is 4.39. The van der Waals surface area contributed by atoms with E-state index in [4.69, 9.17) is 5.73 Å². The molecular weight excluding hydrogens is 206 g/mol. The van der Waals surface area contributed by atoms with E-state index in [1.807, 2.05) is 0 Å². The highest BCUT2D eigenvalue weighted by molar-refractivity contribution is 5.29. The highest BCUT2D eigenvalue weighted by Gasteiger charge is 2.22. The number of nitrogens with zero attached hydrogens (tertiary/aromatic N) is 3. The standard InChI is InChI=1S/C10H19N5O/c1-7(16)9-12-10(14-13-9)15-4-2-3-8(5-11)6-15/h7-8,16H,2-6,11H2,1H3,(H,12,13,14). The lowest BCUT2D eigenvalue weighted by atomic mass is 9.99. The van der Waals surface area contributed by atoms with Gasteiger partial charge in [0.25, 0.3) is 0 Å². The number of nitrogens with two attached hydrogens (primary N) is 1. The Kier molecular flexibility index (Phi) is 3.40. The largest absolute Gasteiger partial charge is 0.385 e. The Morgan fingerprint density at radius 2 is 2.50 bits per heavy atom. The van der Waals surface area contributed by atoms with Crippen LogP contribution in [0.1, 0.15) is 31.7 Å². The molecule has 1 saturated heterocycles. The van der Waals surface area contributed by atoms with Crippen LogP contribution < -0.4 is 10.6 Å². The molecule has 2 atom stereocenters. The van der Waals surface area contributed by atoms with Gasteiger partial charge >= 0.3 is 0 Å². The molecule has 2 unspecified atom stereocenters. The van der Waals surface area contributed by atoms with Crippen LogP contribution in [0, 0.1) is 5.92 Å². The summed E-state index contributed by atoms with van der Waals surface area (Å²) in [5.41, 5.74) is 5.68. The molecule has 0 aromatic carbocycles. The predicted molar refractivity (Wildman–Crippen MR) is 61.0 cm³/mol. The topological polar surface area (TPSA) is 91.1 Å². The number of aliphatic hydroxyl groups is 1. The molecule has 1 aromatic rings. The van der Waals surface area contributed by atoms with Crippen LogP contribution in [0.25, 0.3) is 0 Å². The van der Waals surface area contributed by atoms with Gasteiger partial charge in [0.05, 0.1) is 0 Å². The van der Waals surface area contributed by atoms with Crippen molar-refractivity contribution in [2.45, 2.75) is 25.9 Å². The van der Waals surface area contributed by atoms with E-state index >= 15 is 0 Å². The van der Waals surface area contributed by atoms with Crippen molar-refractivity contribution in [3.63, 3.8) is 0 Å². The first-order valence-corrected chi connectivity index (χ1v) is 5.76. The van der Waals surface area contributed by atoms with Crippen molar-refractivity contribution in [1.82, 2.24) is 15.2 Å². The third-order valence-corrected chi connectivity index (χ3v) is 3.02. The Morgan fingerprint density at radius 3 is 3.12 bits per heavy atom. The third-order valence-electron chi connectivity index (χ3n) is 3.02. The first-order valence-electron chi connectivity index (χ1n) is 5.76. The van der Waals surface area contributed by atoms with E-state index in [9.17, 15) is 5.11 Å². The molecule has 0 bridgehead atoms. The molecular formula is C10H19N5O. The van der Waals surface area contributed by atoms with E-state index in [-0.39, 0.29) is 0 Å². The molecule has 6 nitrogen and oxygen atoms in total. The molecule has 2 heterocycles. The maximum absolute atomic E-state index is 9.36. The van der Waals surface area contributed by atoms with Crippen molar-refractivity contribution in [2.75, 3.05) is 24.5 Å². The Labute approximate surface area is 94.9 Å². The monoisotopic (exact) mass is 225 g/mol. The second-order valence-corrected chi connectivity index (χ2v) is 4.39. The predicted octanol–water partition coefficient (Wildman–Crippen LogP) is 0.0331. The maximum Gasteiger partial charge on any atom is 0.244 e. The summed E-state index contributed by atoms with van der Waals surface area (Å²) in [5.74, 6) is 1.72. The van der Waals surface area contributed by atoms with Crippen LogP contribution in [-0.4, -0.2) is 39.9 Å². The van der Waals surface area contributed by atoms with Crippen molar-refractivity contribution >= 4 is 5.95 Å². The molecule has 1 aliphatic rings. The number of hydrogen-bond donors (Lipinski definition) is 3. The minimum absolute atomic E-state index is 0.518. The summed E-state index contributed by atoms with van der Waals surface area (Å²) < 4.78 is 0. The lowest BCUT2D eigenvalue weighted by Gasteiger charge is -2.31. The van der Waals surface area contributed by atoms with E-state index in [0.29, 0.717) is 24.2 Å². The van der Waals surface area contributed by atoms with Crippen LogP contribution in [0.15, 0.2) is 0 Å². The lowest BCUT2D eigenvalue weighted by Crippen LogP contribution is -2.39. The lowest BCUT2D eigenvalue weighted by molar-refractivity contribution is 0.189. The van der Waals surface area contributed by atoms with E-state index in [1.165, 1.54) is 6.42 Å². The highest BCUT2D eigenvalue weighted by Crippen LogP contribution is 2.20. The van der Waals surface area contributed by atoms with Crippen molar-refractivity contribution in [2.24, 2.45) is 11.7 Å². The zero-order valence-electron chi connectivity index (χ0n) is 9.56. The van der Waals surface area contributed by atoms with Crippen LogP contribution in [-0.2, 0) is 0 Å². The van der Waals surface area contributed by atoms with Crippen molar-refractivity contribution < 1.29 is 5.11 Å². The molecule has 0 amide bonds. The summed E-state index contributed by atoms with van der Waals surface area (Å²) in [5, 5.41) is 16.2. The molecule has 6 heteroatoms. The summed E-state index contributed by atoms with van der Waals surface area (Å²) >= 11 is 0. The first kappa shape index (κ1) is 11.3. The fourth-order valence-corrected chi connectivity index (χ4v) is 2.03. The molecule has 1 aliphatic heterocycles. The zero-order chi connectivity index (χ0) is 11.5. The highest BCUT2D eigenvalue weighted by atomic mass is 16.3. The number of hydrogen-bond acceptors (Lipinski definition) is 5. The average Bonchev–Trinajstić information content (AvgIpc) is 2.78. The number of nitrogens with one attached hydrogen (secondary N) is 1. The number of anilines is 1. The van der Waals surface area contributed by atoms with E-state index in [1.54, 1.807) is 6.92 Å². The number of aliphatic hydroxyl groups excluding tert-OH is 1. The van der Waals surface area contributed by atoms with Crippen LogP contribution >= 0.6 is 0 Å². The van der Waals surface area contributed by atoms with Gasteiger partial charge in [0.2, 0.25) is 5.95 Å². The van der Waals surface area contributed by atoms with Crippen LogP contribution in [0.2, 0.25) is 0 Å². The van der Waals surface area contributed by atoms with Crippen molar-refractivity contribution in [3.8, 4) is 0 Å². The summed E-state index contributed by atoms with van der Waals surface area (Å²) in [6.45, 7) is 4.26. The molecule has 0 aliphatic carbocycles. The van der Waals surface area contributed by atoms with Gasteiger partial charge in [0, 0.05) is 13.1 Å². The Morgan fingerprint density at radius 1 is 1.69 bits per heavy atom. The molecule has 90 valence electrons. The van der Waals surface area contributed by atoms with Gasteiger partial charge in [-0.1, -0.05) is 0 Å². The summed E-state index contributed by atoms with van der Waals surface area (Å²) in [6.07, 6.45) is 1.71. The molecule has 16 heavy (non-hydrogen) atoms. The van der Waals surface area contributed by atoms with Crippen LogP contribution in [0.5, 0.6) is 0 Å². The number of aromatic nitrogens is 3. The van der Waals surface area contributed by atoms with Crippen molar-refractivity contribution in [1.29, 1.82) is 0 Å². The van der Waals surface area contributed by atoms with Gasteiger partial charge in [0.15, 0.2) is 5.82 Å². The average molecular weight is 225 g/mol. The van der Waals surface area contributed by atoms with Crippen molar-refractivity contribution in [3.05, 3.63) is 5.82 Å². The fraction of sp³-hybridized carbons (Fsp3) is 0.800. The van der Waals surface area contributed by atoms with Gasteiger partial charge in [-0.2, -0.15) is 4.98 Å². The Balaban J connectivity index is 2.05. The Hall–Kier alpha value is -1.14. The zero-order valence-corrected chi connectivity index (χ0v) is 9.56. The SMILES string of the molecule is CC(O)c1nc(N2CCCC(CN)C2)n[nH]1. The molecule has 4 N–H and O–H groups in total. The Bertz CT molecular complexity index is 338. The van der Waals surface area contributed by atoms with E-state index in [0.717, 1.165) is 19.5 Å². The maximum atomic E-state index is 9.36. The molecule has 0 saturated carbocycles. The van der Waals surface area contributed by atoms with Gasteiger partial charge in [-0.25, -0.2) is 0 Å². The molecule has 0 spiro atoms. The minimum atomic E-state index is -0.601. The normalized spacial score (nSPS) is 23.4. The van der Waals surface area contributed by atoms with Gasteiger partial charge in [-0.05, 0) is 32.2 Å². The van der Waals surface area contributed by atoms with Crippen LogP contribution in [0.3, 0.4) is 0 Å². The quantitative estimate of drug-likeness (QED) is 0.675. The summed E-state index contributed by atoms with van der Waals surface area (Å²) in [7, 11) is 0. The fourth-order valence-electron chi connectivity index (χ4n) is 2.03. The van der Waals surface area contributed by atoms with E-state index < -0.39 is 6.10 Å². The number of H-pyrrole nitrogens is 1.